The van der Waals surface area contributed by atoms with Crippen molar-refractivity contribution in [3.63, 3.8) is 0 Å². The third-order valence-corrected chi connectivity index (χ3v) is 8.58. The SMILES string of the molecule is NC(=O)c1ccc(OC2CCNCC2)cc1[C@H](CC1CCCCC1)C(=O)NCCN1CCc2cc(F)ccc21. The summed E-state index contributed by atoms with van der Waals surface area (Å²) in [5.74, 6) is -0.187. The molecular weight excluding hydrogens is 495 g/mol. The number of carbonyl (C=O) groups is 2. The van der Waals surface area contributed by atoms with Crippen molar-refractivity contribution < 1.29 is 18.7 Å². The van der Waals surface area contributed by atoms with Gasteiger partial charge in [0.15, 0.2) is 0 Å². The van der Waals surface area contributed by atoms with Crippen molar-refractivity contribution in [3.8, 4) is 5.75 Å². The van der Waals surface area contributed by atoms with Gasteiger partial charge in [0.1, 0.15) is 17.7 Å². The molecule has 5 rings (SSSR count). The Hall–Kier alpha value is -3.13. The Morgan fingerprint density at radius 1 is 1.08 bits per heavy atom. The molecule has 2 aliphatic heterocycles. The van der Waals surface area contributed by atoms with Gasteiger partial charge >= 0.3 is 0 Å². The van der Waals surface area contributed by atoms with Gasteiger partial charge in [0, 0.05) is 30.9 Å². The molecule has 2 heterocycles. The molecular formula is C31H41FN4O3. The first kappa shape index (κ1) is 27.4. The highest BCUT2D eigenvalue weighted by atomic mass is 19.1. The molecule has 1 saturated heterocycles. The summed E-state index contributed by atoms with van der Waals surface area (Å²) in [6.07, 6.45) is 9.24. The number of primary amides is 1. The first-order valence-corrected chi connectivity index (χ1v) is 14.6. The topological polar surface area (TPSA) is 96.7 Å². The van der Waals surface area contributed by atoms with E-state index in [-0.39, 0.29) is 17.8 Å². The third-order valence-electron chi connectivity index (χ3n) is 8.58. The third kappa shape index (κ3) is 6.90. The summed E-state index contributed by atoms with van der Waals surface area (Å²) in [4.78, 5) is 28.4. The van der Waals surface area contributed by atoms with Gasteiger partial charge in [0.05, 0.1) is 5.92 Å². The number of rotatable bonds is 10. The summed E-state index contributed by atoms with van der Waals surface area (Å²) in [5, 5.41) is 6.50. The lowest BCUT2D eigenvalue weighted by Crippen LogP contribution is -2.38. The fourth-order valence-electron chi connectivity index (χ4n) is 6.47. The maximum atomic E-state index is 13.8. The number of nitrogens with one attached hydrogen (secondary N) is 2. The van der Waals surface area contributed by atoms with E-state index in [9.17, 15) is 14.0 Å². The number of nitrogens with zero attached hydrogens (tertiary/aromatic N) is 1. The van der Waals surface area contributed by atoms with Crippen molar-refractivity contribution in [2.24, 2.45) is 11.7 Å². The van der Waals surface area contributed by atoms with Crippen LogP contribution in [-0.2, 0) is 11.2 Å². The van der Waals surface area contributed by atoms with Gasteiger partial charge in [-0.2, -0.15) is 0 Å². The van der Waals surface area contributed by atoms with E-state index in [1.807, 2.05) is 12.1 Å². The van der Waals surface area contributed by atoms with E-state index in [4.69, 9.17) is 10.5 Å². The van der Waals surface area contributed by atoms with Crippen molar-refractivity contribution in [2.75, 3.05) is 37.6 Å². The second-order valence-electron chi connectivity index (χ2n) is 11.3. The Morgan fingerprint density at radius 2 is 1.87 bits per heavy atom. The molecule has 1 atom stereocenters. The summed E-state index contributed by atoms with van der Waals surface area (Å²) in [5.41, 5.74) is 8.90. The number of nitrogens with two attached hydrogens (primary N) is 1. The average molecular weight is 537 g/mol. The lowest BCUT2D eigenvalue weighted by molar-refractivity contribution is -0.123. The number of carbonyl (C=O) groups excluding carboxylic acids is 2. The Labute approximate surface area is 230 Å². The Kier molecular flexibility index (Phi) is 9.02. The van der Waals surface area contributed by atoms with Crippen LogP contribution in [0.15, 0.2) is 36.4 Å². The molecule has 4 N–H and O–H groups in total. The van der Waals surface area contributed by atoms with E-state index in [0.717, 1.165) is 63.0 Å². The molecule has 2 aromatic rings. The number of halogens is 1. The van der Waals surface area contributed by atoms with Crippen LogP contribution in [0.25, 0.3) is 0 Å². The first-order valence-electron chi connectivity index (χ1n) is 14.6. The van der Waals surface area contributed by atoms with E-state index < -0.39 is 11.8 Å². The van der Waals surface area contributed by atoms with Crippen LogP contribution in [0.2, 0.25) is 0 Å². The molecule has 0 spiro atoms. The van der Waals surface area contributed by atoms with Crippen LogP contribution in [-0.4, -0.2) is 50.6 Å². The molecule has 1 aliphatic carbocycles. The molecule has 0 bridgehead atoms. The zero-order valence-electron chi connectivity index (χ0n) is 22.7. The zero-order valence-corrected chi connectivity index (χ0v) is 22.7. The van der Waals surface area contributed by atoms with Gasteiger partial charge < -0.3 is 26.0 Å². The lowest BCUT2D eigenvalue weighted by atomic mass is 9.79. The monoisotopic (exact) mass is 536 g/mol. The number of ether oxygens (including phenoxy) is 1. The molecule has 39 heavy (non-hydrogen) atoms. The Morgan fingerprint density at radius 3 is 2.64 bits per heavy atom. The minimum atomic E-state index is -0.527. The van der Waals surface area contributed by atoms with Crippen molar-refractivity contribution in [3.05, 3.63) is 58.9 Å². The van der Waals surface area contributed by atoms with Crippen LogP contribution in [0.3, 0.4) is 0 Å². The number of anilines is 1. The first-order chi connectivity index (χ1) is 19.0. The van der Waals surface area contributed by atoms with Gasteiger partial charge in [0.25, 0.3) is 0 Å². The maximum absolute atomic E-state index is 13.8. The molecule has 1 saturated carbocycles. The summed E-state index contributed by atoms with van der Waals surface area (Å²) >= 11 is 0. The fourth-order valence-corrected chi connectivity index (χ4v) is 6.47. The quantitative estimate of drug-likeness (QED) is 0.421. The summed E-state index contributed by atoms with van der Waals surface area (Å²) in [7, 11) is 0. The minimum Gasteiger partial charge on any atom is -0.490 e. The highest BCUT2D eigenvalue weighted by Gasteiger charge is 2.30. The molecule has 2 aromatic carbocycles. The van der Waals surface area contributed by atoms with Crippen LogP contribution in [0.4, 0.5) is 10.1 Å². The van der Waals surface area contributed by atoms with Crippen LogP contribution < -0.4 is 26.0 Å². The largest absolute Gasteiger partial charge is 0.490 e. The van der Waals surface area contributed by atoms with E-state index in [2.05, 4.69) is 15.5 Å². The molecule has 0 aromatic heterocycles. The normalized spacial score (nSPS) is 18.9. The predicted molar refractivity (Wildman–Crippen MR) is 151 cm³/mol. The molecule has 210 valence electrons. The molecule has 3 aliphatic rings. The van der Waals surface area contributed by atoms with E-state index in [1.54, 1.807) is 18.2 Å². The second-order valence-corrected chi connectivity index (χ2v) is 11.3. The van der Waals surface area contributed by atoms with Crippen LogP contribution >= 0.6 is 0 Å². The smallest absolute Gasteiger partial charge is 0.249 e. The second kappa shape index (κ2) is 12.8. The summed E-state index contributed by atoms with van der Waals surface area (Å²) < 4.78 is 19.9. The van der Waals surface area contributed by atoms with Crippen molar-refractivity contribution in [2.45, 2.75) is 69.8 Å². The highest BCUT2D eigenvalue weighted by Crippen LogP contribution is 2.36. The van der Waals surface area contributed by atoms with Crippen LogP contribution in [0, 0.1) is 11.7 Å². The average Bonchev–Trinajstić information content (AvgIpc) is 3.34. The van der Waals surface area contributed by atoms with E-state index >= 15 is 0 Å². The van der Waals surface area contributed by atoms with E-state index in [1.165, 1.54) is 25.3 Å². The van der Waals surface area contributed by atoms with Gasteiger partial charge in [0.2, 0.25) is 11.8 Å². The van der Waals surface area contributed by atoms with Gasteiger partial charge in [-0.25, -0.2) is 4.39 Å². The molecule has 8 heteroatoms. The Bertz CT molecular complexity index is 1160. The molecule has 7 nitrogen and oxygen atoms in total. The van der Waals surface area contributed by atoms with Gasteiger partial charge in [-0.1, -0.05) is 32.1 Å². The van der Waals surface area contributed by atoms with Crippen molar-refractivity contribution >= 4 is 17.5 Å². The number of hydrogen-bond donors (Lipinski definition) is 3. The van der Waals surface area contributed by atoms with E-state index in [0.29, 0.717) is 42.3 Å². The standard InChI is InChI=1S/C31H41FN4O3/c32-23-6-9-29-22(19-23)12-16-36(29)17-15-35-31(38)28(18-21-4-2-1-3-5-21)27-20-25(7-8-26(27)30(33)37)39-24-10-13-34-14-11-24/h6-9,19-21,24,28,34H,1-5,10-18H2,(H2,33,37)(H,35,38)/t28-/m0/s1. The number of benzene rings is 2. The van der Waals surface area contributed by atoms with Gasteiger partial charge in [-0.05, 0) is 92.2 Å². The molecule has 2 fully saturated rings. The number of piperidine rings is 1. The van der Waals surface area contributed by atoms with Crippen LogP contribution in [0.1, 0.15) is 78.8 Å². The Balaban J connectivity index is 1.33. The highest BCUT2D eigenvalue weighted by molar-refractivity contribution is 5.97. The van der Waals surface area contributed by atoms with Crippen molar-refractivity contribution in [1.29, 1.82) is 0 Å². The number of hydrogen-bond acceptors (Lipinski definition) is 5. The lowest BCUT2D eigenvalue weighted by Gasteiger charge is -2.28. The predicted octanol–water partition coefficient (Wildman–Crippen LogP) is 4.29. The number of fused-ring (bicyclic) bond motifs is 1. The van der Waals surface area contributed by atoms with Crippen molar-refractivity contribution in [1.82, 2.24) is 10.6 Å². The van der Waals surface area contributed by atoms with Crippen LogP contribution in [0.5, 0.6) is 5.75 Å². The van der Waals surface area contributed by atoms with Gasteiger partial charge in [-0.3, -0.25) is 9.59 Å². The zero-order chi connectivity index (χ0) is 27.2. The summed E-state index contributed by atoms with van der Waals surface area (Å²) in [6, 6.07) is 10.3. The molecule has 2 amide bonds. The summed E-state index contributed by atoms with van der Waals surface area (Å²) in [6.45, 7) is 3.75. The van der Waals surface area contributed by atoms with Gasteiger partial charge in [-0.15, -0.1) is 0 Å². The molecule has 0 unspecified atom stereocenters. The maximum Gasteiger partial charge on any atom is 0.249 e. The number of amides is 2. The molecule has 0 radical (unpaired) electrons. The minimum absolute atomic E-state index is 0.0828. The fraction of sp³-hybridized carbons (Fsp3) is 0.548.